The summed E-state index contributed by atoms with van der Waals surface area (Å²) in [5.74, 6) is 0.233. The van der Waals surface area contributed by atoms with Gasteiger partial charge in [0.05, 0.1) is 0 Å². The van der Waals surface area contributed by atoms with Gasteiger partial charge in [0.2, 0.25) is 0 Å². The normalized spacial score (nSPS) is 10.7. The summed E-state index contributed by atoms with van der Waals surface area (Å²) in [7, 11) is 0. The van der Waals surface area contributed by atoms with Crippen molar-refractivity contribution in [3.05, 3.63) is 34.7 Å². The van der Waals surface area contributed by atoms with E-state index in [2.05, 4.69) is 19.1 Å². The number of thiophene rings is 1. The van der Waals surface area contributed by atoms with Crippen LogP contribution in [0.15, 0.2) is 24.3 Å². The highest BCUT2D eigenvalue weighted by molar-refractivity contribution is 7.19. The minimum Gasteiger partial charge on any atom is -0.300 e. The number of aryl methyl sites for hydroxylation is 1. The molecule has 0 unspecified atom stereocenters. The predicted molar refractivity (Wildman–Crippen MR) is 60.9 cm³/mol. The molecule has 0 amide bonds. The molecule has 1 heterocycles. The van der Waals surface area contributed by atoms with Crippen molar-refractivity contribution in [2.75, 3.05) is 0 Å². The standard InChI is InChI=1S/C12H12OS/c1-8(13)7-11-9(2)14-12-6-4-3-5-10(11)12/h3-6H,7H2,1-2H3. The molecule has 2 heteroatoms. The number of hydrogen-bond acceptors (Lipinski definition) is 2. The van der Waals surface area contributed by atoms with Gasteiger partial charge >= 0.3 is 0 Å². The summed E-state index contributed by atoms with van der Waals surface area (Å²) in [5, 5.41) is 1.24. The van der Waals surface area contributed by atoms with Gasteiger partial charge in [0.1, 0.15) is 5.78 Å². The Hall–Kier alpha value is -1.15. The summed E-state index contributed by atoms with van der Waals surface area (Å²) in [6.45, 7) is 3.73. The molecule has 1 nitrogen and oxygen atoms in total. The van der Waals surface area contributed by atoms with Crippen molar-refractivity contribution < 1.29 is 4.79 Å². The lowest BCUT2D eigenvalue weighted by Gasteiger charge is -1.96. The quantitative estimate of drug-likeness (QED) is 0.733. The molecule has 0 radical (unpaired) electrons. The van der Waals surface area contributed by atoms with Crippen LogP contribution in [0.4, 0.5) is 0 Å². The number of fused-ring (bicyclic) bond motifs is 1. The van der Waals surface area contributed by atoms with E-state index in [1.807, 2.05) is 12.1 Å². The van der Waals surface area contributed by atoms with Crippen LogP contribution < -0.4 is 0 Å². The first-order valence-electron chi connectivity index (χ1n) is 4.65. The summed E-state index contributed by atoms with van der Waals surface area (Å²) in [6, 6.07) is 8.27. The molecule has 0 aliphatic rings. The van der Waals surface area contributed by atoms with Crippen molar-refractivity contribution in [1.82, 2.24) is 0 Å². The summed E-state index contributed by atoms with van der Waals surface area (Å²) in [6.07, 6.45) is 0.565. The van der Waals surface area contributed by atoms with E-state index >= 15 is 0 Å². The molecular weight excluding hydrogens is 192 g/mol. The fourth-order valence-electron chi connectivity index (χ4n) is 1.69. The molecule has 1 aromatic heterocycles. The number of hydrogen-bond donors (Lipinski definition) is 0. The van der Waals surface area contributed by atoms with E-state index in [0.29, 0.717) is 6.42 Å². The average Bonchev–Trinajstić information content (AvgIpc) is 2.43. The lowest BCUT2D eigenvalue weighted by molar-refractivity contribution is -0.116. The predicted octanol–water partition coefficient (Wildman–Crippen LogP) is 3.34. The number of carbonyl (C=O) groups excluding carboxylic acids is 1. The summed E-state index contributed by atoms with van der Waals surface area (Å²) < 4.78 is 1.28. The second-order valence-corrected chi connectivity index (χ2v) is 4.77. The SMILES string of the molecule is CC(=O)Cc1c(C)sc2ccccc12. The van der Waals surface area contributed by atoms with E-state index < -0.39 is 0 Å². The monoisotopic (exact) mass is 204 g/mol. The number of rotatable bonds is 2. The fourth-order valence-corrected chi connectivity index (χ4v) is 2.77. The van der Waals surface area contributed by atoms with Crippen molar-refractivity contribution >= 4 is 27.2 Å². The molecule has 0 atom stereocenters. The highest BCUT2D eigenvalue weighted by atomic mass is 32.1. The van der Waals surface area contributed by atoms with Crippen LogP contribution in [-0.2, 0) is 11.2 Å². The van der Waals surface area contributed by atoms with Crippen LogP contribution >= 0.6 is 11.3 Å². The molecule has 0 saturated heterocycles. The summed E-state index contributed by atoms with van der Waals surface area (Å²) in [5.41, 5.74) is 1.21. The Balaban J connectivity index is 2.62. The van der Waals surface area contributed by atoms with E-state index in [4.69, 9.17) is 0 Å². The molecule has 0 bridgehead atoms. The number of carbonyl (C=O) groups is 1. The molecule has 0 spiro atoms. The van der Waals surface area contributed by atoms with E-state index in [-0.39, 0.29) is 5.78 Å². The minimum absolute atomic E-state index is 0.233. The molecule has 0 N–H and O–H groups in total. The zero-order chi connectivity index (χ0) is 10.1. The molecule has 72 valence electrons. The first-order chi connectivity index (χ1) is 6.68. The van der Waals surface area contributed by atoms with Crippen LogP contribution in [0.3, 0.4) is 0 Å². The molecule has 0 saturated carbocycles. The van der Waals surface area contributed by atoms with Crippen LogP contribution in [0.5, 0.6) is 0 Å². The highest BCUT2D eigenvalue weighted by Crippen LogP contribution is 2.30. The van der Waals surface area contributed by atoms with Gasteiger partial charge in [-0.2, -0.15) is 0 Å². The van der Waals surface area contributed by atoms with Crippen LogP contribution in [0, 0.1) is 6.92 Å². The lowest BCUT2D eigenvalue weighted by atomic mass is 10.1. The van der Waals surface area contributed by atoms with Gasteiger partial charge in [0.25, 0.3) is 0 Å². The third kappa shape index (κ3) is 1.58. The molecule has 0 fully saturated rings. The van der Waals surface area contributed by atoms with Gasteiger partial charge in [-0.25, -0.2) is 0 Å². The number of ketones is 1. The largest absolute Gasteiger partial charge is 0.300 e. The van der Waals surface area contributed by atoms with Crippen LogP contribution in [-0.4, -0.2) is 5.78 Å². The topological polar surface area (TPSA) is 17.1 Å². The van der Waals surface area contributed by atoms with Crippen LogP contribution in [0.1, 0.15) is 17.4 Å². The van der Waals surface area contributed by atoms with E-state index in [1.54, 1.807) is 18.3 Å². The van der Waals surface area contributed by atoms with Gasteiger partial charge in [-0.05, 0) is 30.9 Å². The second-order valence-electron chi connectivity index (χ2n) is 3.51. The maximum absolute atomic E-state index is 11.1. The molecule has 2 aromatic rings. The third-order valence-corrected chi connectivity index (χ3v) is 3.45. The van der Waals surface area contributed by atoms with Crippen molar-refractivity contribution in [2.45, 2.75) is 20.3 Å². The van der Waals surface area contributed by atoms with E-state index in [1.165, 1.54) is 20.5 Å². The number of Topliss-reactive ketones (excluding diaryl/α,β-unsaturated/α-hetero) is 1. The Bertz CT molecular complexity index is 482. The van der Waals surface area contributed by atoms with Crippen LogP contribution in [0.25, 0.3) is 10.1 Å². The molecule has 2 rings (SSSR count). The van der Waals surface area contributed by atoms with Gasteiger partial charge < -0.3 is 0 Å². The maximum atomic E-state index is 11.1. The zero-order valence-corrected chi connectivity index (χ0v) is 9.15. The third-order valence-electron chi connectivity index (χ3n) is 2.33. The van der Waals surface area contributed by atoms with Gasteiger partial charge in [0, 0.05) is 16.0 Å². The molecule has 14 heavy (non-hydrogen) atoms. The molecule has 0 aliphatic heterocycles. The number of benzene rings is 1. The van der Waals surface area contributed by atoms with Gasteiger partial charge in [-0.1, -0.05) is 18.2 Å². The fraction of sp³-hybridized carbons (Fsp3) is 0.250. The first-order valence-corrected chi connectivity index (χ1v) is 5.46. The van der Waals surface area contributed by atoms with E-state index in [9.17, 15) is 4.79 Å². The van der Waals surface area contributed by atoms with Gasteiger partial charge in [-0.15, -0.1) is 11.3 Å². The molecule has 0 aliphatic carbocycles. The van der Waals surface area contributed by atoms with Crippen molar-refractivity contribution in [3.8, 4) is 0 Å². The summed E-state index contributed by atoms with van der Waals surface area (Å²) >= 11 is 1.77. The smallest absolute Gasteiger partial charge is 0.134 e. The van der Waals surface area contributed by atoms with Crippen molar-refractivity contribution in [2.24, 2.45) is 0 Å². The Morgan fingerprint density at radius 1 is 1.36 bits per heavy atom. The lowest BCUT2D eigenvalue weighted by Crippen LogP contribution is -1.96. The highest BCUT2D eigenvalue weighted by Gasteiger charge is 2.09. The minimum atomic E-state index is 0.233. The summed E-state index contributed by atoms with van der Waals surface area (Å²) in [4.78, 5) is 12.4. The Morgan fingerprint density at radius 2 is 2.07 bits per heavy atom. The van der Waals surface area contributed by atoms with Crippen molar-refractivity contribution in [3.63, 3.8) is 0 Å². The molecular formula is C12H12OS. The average molecular weight is 204 g/mol. The van der Waals surface area contributed by atoms with Gasteiger partial charge in [0.15, 0.2) is 0 Å². The van der Waals surface area contributed by atoms with Crippen molar-refractivity contribution in [1.29, 1.82) is 0 Å². The van der Waals surface area contributed by atoms with E-state index in [0.717, 1.165) is 0 Å². The first kappa shape index (κ1) is 9.41. The maximum Gasteiger partial charge on any atom is 0.134 e. The Kier molecular flexibility index (Phi) is 2.38. The Labute approximate surface area is 87.4 Å². The Morgan fingerprint density at radius 3 is 2.79 bits per heavy atom. The van der Waals surface area contributed by atoms with Crippen LogP contribution in [0.2, 0.25) is 0 Å². The molecule has 1 aromatic carbocycles. The zero-order valence-electron chi connectivity index (χ0n) is 8.33. The second kappa shape index (κ2) is 3.54. The van der Waals surface area contributed by atoms with Gasteiger partial charge in [-0.3, -0.25) is 4.79 Å².